The minimum Gasteiger partial charge on any atom is -0.338 e. The molecule has 23 heavy (non-hydrogen) atoms. The third-order valence-corrected chi connectivity index (χ3v) is 6.28. The summed E-state index contributed by atoms with van der Waals surface area (Å²) in [6.07, 6.45) is 0.935. The molecule has 0 aromatic heterocycles. The fourth-order valence-corrected chi connectivity index (χ4v) is 4.90. The fourth-order valence-electron chi connectivity index (χ4n) is 2.76. The van der Waals surface area contributed by atoms with E-state index >= 15 is 0 Å². The number of hydrogen-bond donors (Lipinski definition) is 0. The summed E-state index contributed by atoms with van der Waals surface area (Å²) in [6.45, 7) is 1.56. The summed E-state index contributed by atoms with van der Waals surface area (Å²) in [4.78, 5) is 14.7. The molecule has 2 aromatic rings. The molecule has 0 N–H and O–H groups in total. The lowest BCUT2D eigenvalue weighted by Crippen LogP contribution is -2.33. The Morgan fingerprint density at radius 3 is 2.78 bits per heavy atom. The van der Waals surface area contributed by atoms with Crippen LogP contribution < -0.4 is 0 Å². The molecule has 1 atom stereocenters. The van der Waals surface area contributed by atoms with Crippen LogP contribution in [0.2, 0.25) is 5.02 Å². The molecular weight excluding hydrogens is 441 g/mol. The van der Waals surface area contributed by atoms with Gasteiger partial charge in [-0.15, -0.1) is 0 Å². The van der Waals surface area contributed by atoms with Crippen LogP contribution in [0, 0.1) is 3.57 Å². The highest BCUT2D eigenvalue weighted by atomic mass is 127. The first-order valence-electron chi connectivity index (χ1n) is 7.56. The number of thioether (sulfide) groups is 1. The van der Waals surface area contributed by atoms with E-state index in [1.807, 2.05) is 59.1 Å². The highest BCUT2D eigenvalue weighted by Gasteiger charge is 2.24. The lowest BCUT2D eigenvalue weighted by Gasteiger charge is -2.20. The van der Waals surface area contributed by atoms with Gasteiger partial charge in [0.25, 0.3) is 5.91 Å². The van der Waals surface area contributed by atoms with Gasteiger partial charge in [0.2, 0.25) is 0 Å². The molecular formula is C18H17ClINOS. The minimum absolute atomic E-state index is 0.129. The number of benzene rings is 2. The van der Waals surface area contributed by atoms with Crippen molar-refractivity contribution >= 4 is 51.9 Å². The minimum atomic E-state index is 0.129. The average Bonchev–Trinajstić information content (AvgIpc) is 2.80. The van der Waals surface area contributed by atoms with Gasteiger partial charge in [-0.1, -0.05) is 35.9 Å². The molecule has 1 amide bonds. The Kier molecular flexibility index (Phi) is 5.88. The molecule has 120 valence electrons. The van der Waals surface area contributed by atoms with Crippen LogP contribution in [0.15, 0.2) is 48.5 Å². The van der Waals surface area contributed by atoms with E-state index in [2.05, 4.69) is 28.7 Å². The van der Waals surface area contributed by atoms with Gasteiger partial charge in [0.15, 0.2) is 0 Å². The number of hydrogen-bond acceptors (Lipinski definition) is 2. The zero-order valence-corrected chi connectivity index (χ0v) is 16.3. The molecule has 0 aliphatic carbocycles. The number of carbonyl (C=O) groups excluding carboxylic acids is 1. The van der Waals surface area contributed by atoms with Crippen LogP contribution in [0.1, 0.15) is 27.6 Å². The molecule has 1 heterocycles. The molecule has 2 nitrogen and oxygen atoms in total. The molecule has 3 rings (SSSR count). The average molecular weight is 458 g/mol. The third kappa shape index (κ3) is 4.22. The van der Waals surface area contributed by atoms with Crippen molar-refractivity contribution in [2.45, 2.75) is 11.7 Å². The Bertz CT molecular complexity index is 709. The van der Waals surface area contributed by atoms with Crippen molar-refractivity contribution in [2.75, 3.05) is 18.8 Å². The van der Waals surface area contributed by atoms with Gasteiger partial charge >= 0.3 is 0 Å². The van der Waals surface area contributed by atoms with Crippen molar-refractivity contribution in [3.63, 3.8) is 0 Å². The lowest BCUT2D eigenvalue weighted by atomic mass is 10.1. The summed E-state index contributed by atoms with van der Waals surface area (Å²) in [5.74, 6) is 1.06. The number of rotatable bonds is 2. The van der Waals surface area contributed by atoms with E-state index in [1.54, 1.807) is 0 Å². The predicted molar refractivity (Wildman–Crippen MR) is 106 cm³/mol. The quantitative estimate of drug-likeness (QED) is 0.573. The number of amides is 1. The van der Waals surface area contributed by atoms with Crippen molar-refractivity contribution in [2.24, 2.45) is 0 Å². The maximum absolute atomic E-state index is 12.7. The number of halogens is 2. The van der Waals surface area contributed by atoms with Gasteiger partial charge in [-0.2, -0.15) is 11.8 Å². The number of carbonyl (C=O) groups is 1. The number of nitrogens with zero attached hydrogens (tertiary/aromatic N) is 1. The Labute approximate surface area is 159 Å². The fraction of sp³-hybridized carbons (Fsp3) is 0.278. The molecule has 1 fully saturated rings. The largest absolute Gasteiger partial charge is 0.338 e. The summed E-state index contributed by atoms with van der Waals surface area (Å²) in [7, 11) is 0. The maximum Gasteiger partial charge on any atom is 0.253 e. The molecule has 1 aliphatic rings. The van der Waals surface area contributed by atoms with Crippen LogP contribution in [0.5, 0.6) is 0 Å². The van der Waals surface area contributed by atoms with Crippen molar-refractivity contribution in [3.05, 3.63) is 68.3 Å². The van der Waals surface area contributed by atoms with Gasteiger partial charge in [-0.25, -0.2) is 0 Å². The molecule has 0 bridgehead atoms. The highest BCUT2D eigenvalue weighted by Crippen LogP contribution is 2.37. The Morgan fingerprint density at radius 1 is 1.17 bits per heavy atom. The smallest absolute Gasteiger partial charge is 0.253 e. The molecule has 0 spiro atoms. The molecule has 1 saturated heterocycles. The predicted octanol–water partition coefficient (Wildman–Crippen LogP) is 5.27. The first-order chi connectivity index (χ1) is 11.1. The third-order valence-electron chi connectivity index (χ3n) is 3.95. The van der Waals surface area contributed by atoms with Crippen molar-refractivity contribution in [1.82, 2.24) is 4.90 Å². The Balaban J connectivity index is 1.71. The van der Waals surface area contributed by atoms with Crippen LogP contribution in [-0.2, 0) is 0 Å². The molecule has 0 saturated carbocycles. The van der Waals surface area contributed by atoms with E-state index in [9.17, 15) is 4.79 Å². The van der Waals surface area contributed by atoms with Gasteiger partial charge in [-0.05, 0) is 58.8 Å². The summed E-state index contributed by atoms with van der Waals surface area (Å²) in [5.41, 5.74) is 1.96. The van der Waals surface area contributed by atoms with Gasteiger partial charge in [-0.3, -0.25) is 4.79 Å². The second-order valence-electron chi connectivity index (χ2n) is 5.47. The second-order valence-corrected chi connectivity index (χ2v) is 8.44. The van der Waals surface area contributed by atoms with Crippen molar-refractivity contribution in [3.8, 4) is 0 Å². The maximum atomic E-state index is 12.7. The van der Waals surface area contributed by atoms with Crippen molar-refractivity contribution in [1.29, 1.82) is 0 Å². The van der Waals surface area contributed by atoms with Gasteiger partial charge in [0.1, 0.15) is 0 Å². The SMILES string of the molecule is O=C(c1cccc(I)c1)N1CCSC(c2ccccc2Cl)CC1. The van der Waals surface area contributed by atoms with Gasteiger partial charge in [0, 0.05) is 38.2 Å². The first-order valence-corrected chi connectivity index (χ1v) is 10.1. The lowest BCUT2D eigenvalue weighted by molar-refractivity contribution is 0.0766. The van der Waals surface area contributed by atoms with Crippen LogP contribution in [0.4, 0.5) is 0 Å². The van der Waals surface area contributed by atoms with E-state index in [-0.39, 0.29) is 5.91 Å². The second kappa shape index (κ2) is 7.90. The van der Waals surface area contributed by atoms with E-state index in [4.69, 9.17) is 11.6 Å². The Morgan fingerprint density at radius 2 is 2.00 bits per heavy atom. The van der Waals surface area contributed by atoms with E-state index in [0.717, 1.165) is 39.4 Å². The van der Waals surface area contributed by atoms with Crippen LogP contribution in [0.25, 0.3) is 0 Å². The Hall–Kier alpha value is -0.720. The summed E-state index contributed by atoms with van der Waals surface area (Å²) < 4.78 is 1.09. The zero-order valence-electron chi connectivity index (χ0n) is 12.5. The molecule has 1 aliphatic heterocycles. The summed E-state index contributed by atoms with van der Waals surface area (Å²) in [6, 6.07) is 15.8. The van der Waals surface area contributed by atoms with Crippen molar-refractivity contribution < 1.29 is 4.79 Å². The molecule has 0 radical (unpaired) electrons. The first kappa shape index (κ1) is 17.1. The van der Waals surface area contributed by atoms with E-state index in [1.165, 1.54) is 5.56 Å². The molecule has 2 aromatic carbocycles. The van der Waals surface area contributed by atoms with E-state index in [0.29, 0.717) is 5.25 Å². The standard InChI is InChI=1S/C18H17ClINOS/c19-16-7-2-1-6-15(16)17-8-9-21(10-11-23-17)18(22)13-4-3-5-14(20)12-13/h1-7,12,17H,8-11H2. The summed E-state index contributed by atoms with van der Waals surface area (Å²) >= 11 is 10.5. The molecule has 1 unspecified atom stereocenters. The van der Waals surface area contributed by atoms with Crippen LogP contribution >= 0.6 is 46.0 Å². The summed E-state index contributed by atoms with van der Waals surface area (Å²) in [5, 5.41) is 1.18. The van der Waals surface area contributed by atoms with Crippen LogP contribution in [-0.4, -0.2) is 29.6 Å². The zero-order chi connectivity index (χ0) is 16.2. The van der Waals surface area contributed by atoms with E-state index < -0.39 is 0 Å². The van der Waals surface area contributed by atoms with Gasteiger partial charge < -0.3 is 4.90 Å². The topological polar surface area (TPSA) is 20.3 Å². The normalized spacial score (nSPS) is 18.5. The monoisotopic (exact) mass is 457 g/mol. The molecule has 5 heteroatoms. The van der Waals surface area contributed by atoms with Crippen LogP contribution in [0.3, 0.4) is 0 Å². The van der Waals surface area contributed by atoms with Gasteiger partial charge in [0.05, 0.1) is 0 Å². The highest BCUT2D eigenvalue weighted by molar-refractivity contribution is 14.1.